The van der Waals surface area contributed by atoms with Gasteiger partial charge in [0, 0.05) is 38.3 Å². The maximum Gasteiger partial charge on any atom is 0.258 e. The first-order valence-electron chi connectivity index (χ1n) is 9.62. The van der Waals surface area contributed by atoms with Gasteiger partial charge in [0.1, 0.15) is 11.9 Å². The Labute approximate surface area is 164 Å². The number of nitrogens with zero attached hydrogens (tertiary/aromatic N) is 3. The highest BCUT2D eigenvalue weighted by Gasteiger charge is 2.28. The normalized spacial score (nSPS) is 14.8. The zero-order valence-corrected chi connectivity index (χ0v) is 15.9. The maximum atomic E-state index is 13.4. The Kier molecular flexibility index (Phi) is 5.37. The molecule has 6 heteroatoms. The van der Waals surface area contributed by atoms with Crippen molar-refractivity contribution in [3.05, 3.63) is 60.6 Å². The number of carbonyl (C=O) groups excluding carboxylic acids is 1. The highest BCUT2D eigenvalue weighted by molar-refractivity contribution is 6.09. The second-order valence-electron chi connectivity index (χ2n) is 6.75. The summed E-state index contributed by atoms with van der Waals surface area (Å²) in [6.07, 6.45) is 6.41. The molecular formula is C22H23N3O3. The van der Waals surface area contributed by atoms with Crippen molar-refractivity contribution in [2.24, 2.45) is 0 Å². The monoisotopic (exact) mass is 377 g/mol. The van der Waals surface area contributed by atoms with Gasteiger partial charge in [0.05, 0.1) is 18.4 Å². The lowest BCUT2D eigenvalue weighted by molar-refractivity contribution is 0.0585. The molecule has 3 aromatic rings. The molecule has 0 aliphatic carbocycles. The molecule has 1 aromatic heterocycles. The fraction of sp³-hybridized carbons (Fsp3) is 0.318. The molecule has 6 nitrogen and oxygen atoms in total. The molecule has 4 rings (SSSR count). The van der Waals surface area contributed by atoms with Crippen molar-refractivity contribution in [2.45, 2.75) is 25.9 Å². The van der Waals surface area contributed by atoms with Gasteiger partial charge >= 0.3 is 0 Å². The van der Waals surface area contributed by atoms with E-state index >= 15 is 0 Å². The molecule has 28 heavy (non-hydrogen) atoms. The van der Waals surface area contributed by atoms with Crippen molar-refractivity contribution < 1.29 is 14.3 Å². The molecule has 1 aliphatic heterocycles. The first-order chi connectivity index (χ1) is 13.8. The topological polar surface area (TPSA) is 64.5 Å². The van der Waals surface area contributed by atoms with Crippen molar-refractivity contribution in [1.82, 2.24) is 14.9 Å². The summed E-state index contributed by atoms with van der Waals surface area (Å²) in [4.78, 5) is 23.4. The van der Waals surface area contributed by atoms with E-state index in [0.29, 0.717) is 36.9 Å². The number of ether oxygens (including phenoxy) is 2. The number of carbonyl (C=O) groups is 1. The van der Waals surface area contributed by atoms with E-state index in [4.69, 9.17) is 9.47 Å². The molecule has 0 spiro atoms. The average molecular weight is 377 g/mol. The van der Waals surface area contributed by atoms with Crippen LogP contribution in [0.5, 0.6) is 11.6 Å². The van der Waals surface area contributed by atoms with Crippen LogP contribution in [0.4, 0.5) is 0 Å². The van der Waals surface area contributed by atoms with Gasteiger partial charge in [-0.2, -0.15) is 0 Å². The van der Waals surface area contributed by atoms with Gasteiger partial charge in [0.2, 0.25) is 5.88 Å². The summed E-state index contributed by atoms with van der Waals surface area (Å²) in [5.41, 5.74) is 0.647. The van der Waals surface area contributed by atoms with E-state index in [1.807, 2.05) is 48.2 Å². The van der Waals surface area contributed by atoms with Crippen LogP contribution >= 0.6 is 0 Å². The number of hydrogen-bond acceptors (Lipinski definition) is 5. The molecule has 0 radical (unpaired) electrons. The number of amides is 1. The predicted molar refractivity (Wildman–Crippen MR) is 107 cm³/mol. The first-order valence-corrected chi connectivity index (χ1v) is 9.62. The van der Waals surface area contributed by atoms with Crippen LogP contribution in [-0.4, -0.2) is 46.6 Å². The Morgan fingerprint density at radius 1 is 1.14 bits per heavy atom. The molecule has 1 saturated heterocycles. The Bertz CT molecular complexity index is 954. The number of aromatic nitrogens is 2. The van der Waals surface area contributed by atoms with Gasteiger partial charge in [0.15, 0.2) is 0 Å². The van der Waals surface area contributed by atoms with Crippen LogP contribution in [0.15, 0.2) is 55.0 Å². The number of benzene rings is 2. The SMILES string of the molecule is CCOc1ccc2ccccc2c1C(=O)N1CCC(Oc2cnccn2)CC1. The Morgan fingerprint density at radius 2 is 1.96 bits per heavy atom. The number of fused-ring (bicyclic) bond motifs is 1. The van der Waals surface area contributed by atoms with E-state index in [0.717, 1.165) is 23.6 Å². The minimum atomic E-state index is 0.0122. The molecule has 0 saturated carbocycles. The fourth-order valence-corrected chi connectivity index (χ4v) is 3.60. The standard InChI is InChI=1S/C22H23N3O3/c1-2-27-19-8-7-16-5-3-4-6-18(16)21(19)22(26)25-13-9-17(10-14-25)28-20-15-23-11-12-24-20/h3-8,11-12,15,17H,2,9-10,13-14H2,1H3. The Balaban J connectivity index is 1.52. The summed E-state index contributed by atoms with van der Waals surface area (Å²) >= 11 is 0. The maximum absolute atomic E-state index is 13.4. The van der Waals surface area contributed by atoms with Crippen molar-refractivity contribution in [2.75, 3.05) is 19.7 Å². The molecule has 1 aliphatic rings. The van der Waals surface area contributed by atoms with E-state index in [9.17, 15) is 4.79 Å². The Morgan fingerprint density at radius 3 is 2.71 bits per heavy atom. The average Bonchev–Trinajstić information content (AvgIpc) is 2.75. The molecular weight excluding hydrogens is 354 g/mol. The van der Waals surface area contributed by atoms with Crippen LogP contribution in [-0.2, 0) is 0 Å². The number of piperidine rings is 1. The molecule has 0 unspecified atom stereocenters. The molecule has 2 heterocycles. The highest BCUT2D eigenvalue weighted by Crippen LogP contribution is 2.30. The summed E-state index contributed by atoms with van der Waals surface area (Å²) in [6.45, 7) is 3.72. The minimum Gasteiger partial charge on any atom is -0.493 e. The largest absolute Gasteiger partial charge is 0.493 e. The van der Waals surface area contributed by atoms with Gasteiger partial charge in [-0.05, 0) is 23.8 Å². The fourth-order valence-electron chi connectivity index (χ4n) is 3.60. The summed E-state index contributed by atoms with van der Waals surface area (Å²) in [5, 5.41) is 1.96. The summed E-state index contributed by atoms with van der Waals surface area (Å²) in [5.74, 6) is 1.18. The van der Waals surface area contributed by atoms with Crippen LogP contribution in [0.25, 0.3) is 10.8 Å². The lowest BCUT2D eigenvalue weighted by atomic mass is 10.0. The van der Waals surface area contributed by atoms with E-state index in [-0.39, 0.29) is 12.0 Å². The van der Waals surface area contributed by atoms with Crippen LogP contribution in [0, 0.1) is 0 Å². The van der Waals surface area contributed by atoms with Crippen molar-refractivity contribution in [3.8, 4) is 11.6 Å². The molecule has 1 amide bonds. The third-order valence-electron chi connectivity index (χ3n) is 4.96. The van der Waals surface area contributed by atoms with Crippen molar-refractivity contribution in [1.29, 1.82) is 0 Å². The second kappa shape index (κ2) is 8.25. The summed E-state index contributed by atoms with van der Waals surface area (Å²) < 4.78 is 11.7. The van der Waals surface area contributed by atoms with Crippen molar-refractivity contribution in [3.63, 3.8) is 0 Å². The van der Waals surface area contributed by atoms with E-state index in [1.54, 1.807) is 18.6 Å². The highest BCUT2D eigenvalue weighted by atomic mass is 16.5. The van der Waals surface area contributed by atoms with Gasteiger partial charge in [-0.3, -0.25) is 9.78 Å². The van der Waals surface area contributed by atoms with Crippen molar-refractivity contribution >= 4 is 16.7 Å². The van der Waals surface area contributed by atoms with Gasteiger partial charge in [-0.1, -0.05) is 30.3 Å². The molecule has 0 bridgehead atoms. The van der Waals surface area contributed by atoms with E-state index < -0.39 is 0 Å². The molecule has 144 valence electrons. The van der Waals surface area contributed by atoms with Crippen LogP contribution in [0.2, 0.25) is 0 Å². The quantitative estimate of drug-likeness (QED) is 0.678. The zero-order valence-electron chi connectivity index (χ0n) is 15.9. The van der Waals surface area contributed by atoms with Crippen LogP contribution in [0.3, 0.4) is 0 Å². The third kappa shape index (κ3) is 3.76. The molecule has 2 aromatic carbocycles. The minimum absolute atomic E-state index is 0.0122. The smallest absolute Gasteiger partial charge is 0.258 e. The van der Waals surface area contributed by atoms with Crippen LogP contribution < -0.4 is 9.47 Å². The zero-order chi connectivity index (χ0) is 19.3. The Hall–Kier alpha value is -3.15. The van der Waals surface area contributed by atoms with E-state index in [2.05, 4.69) is 9.97 Å². The number of hydrogen-bond donors (Lipinski definition) is 0. The predicted octanol–water partition coefficient (Wildman–Crippen LogP) is 3.71. The lowest BCUT2D eigenvalue weighted by Crippen LogP contribution is -2.42. The van der Waals surface area contributed by atoms with Gasteiger partial charge in [-0.15, -0.1) is 0 Å². The first kappa shape index (κ1) is 18.2. The van der Waals surface area contributed by atoms with Gasteiger partial charge in [0.25, 0.3) is 5.91 Å². The van der Waals surface area contributed by atoms with Gasteiger partial charge < -0.3 is 14.4 Å². The molecule has 1 fully saturated rings. The second-order valence-corrected chi connectivity index (χ2v) is 6.75. The third-order valence-corrected chi connectivity index (χ3v) is 4.96. The molecule has 0 atom stereocenters. The molecule has 0 N–H and O–H groups in total. The van der Waals surface area contributed by atoms with Crippen LogP contribution in [0.1, 0.15) is 30.1 Å². The summed E-state index contributed by atoms with van der Waals surface area (Å²) in [6, 6.07) is 11.8. The lowest BCUT2D eigenvalue weighted by Gasteiger charge is -2.32. The number of rotatable bonds is 5. The number of likely N-dealkylation sites (tertiary alicyclic amines) is 1. The summed E-state index contributed by atoms with van der Waals surface area (Å²) in [7, 11) is 0. The van der Waals surface area contributed by atoms with E-state index in [1.165, 1.54) is 0 Å². The van der Waals surface area contributed by atoms with Gasteiger partial charge in [-0.25, -0.2) is 4.98 Å².